The predicted molar refractivity (Wildman–Crippen MR) is 103 cm³/mol. The van der Waals surface area contributed by atoms with Crippen LogP contribution >= 0.6 is 0 Å². The number of carbonyl (C=O) groups excluding carboxylic acids is 1. The zero-order valence-electron chi connectivity index (χ0n) is 15.0. The second-order valence-electron chi connectivity index (χ2n) is 6.91. The number of rotatable bonds is 5. The third-order valence-electron chi connectivity index (χ3n) is 5.04. The van der Waals surface area contributed by atoms with Crippen LogP contribution in [0.4, 0.5) is 4.79 Å². The maximum absolute atomic E-state index is 12.3. The molecule has 134 valence electrons. The van der Waals surface area contributed by atoms with E-state index in [0.29, 0.717) is 18.0 Å². The number of benzene rings is 2. The Labute approximate surface area is 155 Å². The van der Waals surface area contributed by atoms with Crippen LogP contribution in [0, 0.1) is 17.2 Å². The fourth-order valence-electron chi connectivity index (χ4n) is 3.46. The molecule has 0 spiro atoms. The van der Waals surface area contributed by atoms with E-state index in [1.165, 1.54) is 5.56 Å². The van der Waals surface area contributed by atoms with Gasteiger partial charge in [-0.25, -0.2) is 4.79 Å². The van der Waals surface area contributed by atoms with Gasteiger partial charge in [0.05, 0.1) is 11.6 Å². The summed E-state index contributed by atoms with van der Waals surface area (Å²) in [7, 11) is 0. The molecule has 2 amide bonds. The first-order chi connectivity index (χ1) is 12.7. The van der Waals surface area contributed by atoms with Gasteiger partial charge in [0, 0.05) is 19.6 Å². The Bertz CT molecular complexity index is 741. The van der Waals surface area contributed by atoms with Crippen molar-refractivity contribution in [2.45, 2.75) is 25.7 Å². The number of likely N-dealkylation sites (tertiary alicyclic amines) is 1. The largest absolute Gasteiger partial charge is 0.338 e. The lowest BCUT2D eigenvalue weighted by Crippen LogP contribution is -2.45. The van der Waals surface area contributed by atoms with E-state index in [-0.39, 0.29) is 6.03 Å². The summed E-state index contributed by atoms with van der Waals surface area (Å²) in [6.07, 6.45) is 4.02. The summed E-state index contributed by atoms with van der Waals surface area (Å²) in [4.78, 5) is 14.3. The number of amides is 2. The molecule has 0 bridgehead atoms. The van der Waals surface area contributed by atoms with Gasteiger partial charge in [-0.3, -0.25) is 0 Å². The molecule has 26 heavy (non-hydrogen) atoms. The molecule has 3 rings (SSSR count). The van der Waals surface area contributed by atoms with E-state index >= 15 is 0 Å². The molecule has 1 fully saturated rings. The average Bonchev–Trinajstić information content (AvgIpc) is 2.70. The van der Waals surface area contributed by atoms with Crippen molar-refractivity contribution in [3.63, 3.8) is 0 Å². The van der Waals surface area contributed by atoms with E-state index in [1.807, 2.05) is 35.2 Å². The minimum absolute atomic E-state index is 0.0387. The normalized spacial score (nSPS) is 14.7. The molecule has 0 aliphatic carbocycles. The Morgan fingerprint density at radius 1 is 1.04 bits per heavy atom. The first-order valence-electron chi connectivity index (χ1n) is 9.30. The second kappa shape index (κ2) is 9.05. The Balaban J connectivity index is 1.37. The number of nitrogens with zero attached hydrogens (tertiary/aromatic N) is 2. The van der Waals surface area contributed by atoms with E-state index in [4.69, 9.17) is 5.26 Å². The third kappa shape index (κ3) is 5.10. The molecular formula is C22H25N3O. The summed E-state index contributed by atoms with van der Waals surface area (Å²) >= 11 is 0. The molecule has 1 heterocycles. The fourth-order valence-corrected chi connectivity index (χ4v) is 3.46. The lowest BCUT2D eigenvalue weighted by molar-refractivity contribution is 0.170. The summed E-state index contributed by atoms with van der Waals surface area (Å²) in [6, 6.07) is 20.3. The topological polar surface area (TPSA) is 56.1 Å². The zero-order chi connectivity index (χ0) is 18.2. The first kappa shape index (κ1) is 18.0. The van der Waals surface area contributed by atoms with Gasteiger partial charge in [-0.1, -0.05) is 42.5 Å². The van der Waals surface area contributed by atoms with Crippen LogP contribution in [0.3, 0.4) is 0 Å². The van der Waals surface area contributed by atoms with E-state index in [0.717, 1.165) is 44.3 Å². The highest BCUT2D eigenvalue weighted by atomic mass is 16.2. The van der Waals surface area contributed by atoms with Crippen molar-refractivity contribution < 1.29 is 4.79 Å². The van der Waals surface area contributed by atoms with Crippen molar-refractivity contribution in [3.05, 3.63) is 71.3 Å². The lowest BCUT2D eigenvalue weighted by atomic mass is 9.90. The van der Waals surface area contributed by atoms with Crippen LogP contribution in [-0.4, -0.2) is 30.6 Å². The second-order valence-corrected chi connectivity index (χ2v) is 6.91. The van der Waals surface area contributed by atoms with Gasteiger partial charge >= 0.3 is 6.03 Å². The standard InChI is InChI=1S/C22H25N3O/c23-17-21-8-6-18(7-9-21)10-13-24-22(26)25-14-11-20(12-15-25)16-19-4-2-1-3-5-19/h1-9,20H,10-16H2,(H,24,26). The third-order valence-corrected chi connectivity index (χ3v) is 5.04. The van der Waals surface area contributed by atoms with Crippen LogP contribution < -0.4 is 5.32 Å². The summed E-state index contributed by atoms with van der Waals surface area (Å²) in [5.41, 5.74) is 3.18. The molecule has 0 atom stereocenters. The average molecular weight is 347 g/mol. The Hall–Kier alpha value is -2.80. The van der Waals surface area contributed by atoms with Crippen LogP contribution in [0.1, 0.15) is 29.5 Å². The van der Waals surface area contributed by atoms with E-state index in [2.05, 4.69) is 35.7 Å². The highest BCUT2D eigenvalue weighted by molar-refractivity contribution is 5.74. The van der Waals surface area contributed by atoms with Crippen molar-refractivity contribution in [1.29, 1.82) is 5.26 Å². The van der Waals surface area contributed by atoms with Crippen LogP contribution in [0.15, 0.2) is 54.6 Å². The molecule has 2 aromatic rings. The lowest BCUT2D eigenvalue weighted by Gasteiger charge is -2.32. The van der Waals surface area contributed by atoms with Gasteiger partial charge in [0.2, 0.25) is 0 Å². The van der Waals surface area contributed by atoms with Crippen LogP contribution in [-0.2, 0) is 12.8 Å². The Kier molecular flexibility index (Phi) is 6.27. The zero-order valence-corrected chi connectivity index (χ0v) is 15.0. The molecule has 1 saturated heterocycles. The van der Waals surface area contributed by atoms with Gasteiger partial charge in [-0.2, -0.15) is 5.26 Å². The SMILES string of the molecule is N#Cc1ccc(CCNC(=O)N2CCC(Cc3ccccc3)CC2)cc1. The number of nitrogens with one attached hydrogen (secondary N) is 1. The minimum atomic E-state index is 0.0387. The fraction of sp³-hybridized carbons (Fsp3) is 0.364. The van der Waals surface area contributed by atoms with Gasteiger partial charge in [-0.05, 0) is 54.9 Å². The number of hydrogen-bond acceptors (Lipinski definition) is 2. The maximum atomic E-state index is 12.3. The summed E-state index contributed by atoms with van der Waals surface area (Å²) in [5, 5.41) is 11.8. The Morgan fingerprint density at radius 2 is 1.73 bits per heavy atom. The number of hydrogen-bond donors (Lipinski definition) is 1. The van der Waals surface area contributed by atoms with Crippen molar-refractivity contribution in [2.75, 3.05) is 19.6 Å². The minimum Gasteiger partial charge on any atom is -0.338 e. The molecule has 0 unspecified atom stereocenters. The van der Waals surface area contributed by atoms with Crippen molar-refractivity contribution in [2.24, 2.45) is 5.92 Å². The van der Waals surface area contributed by atoms with Crippen LogP contribution in [0.25, 0.3) is 0 Å². The summed E-state index contributed by atoms with van der Waals surface area (Å²) < 4.78 is 0. The van der Waals surface area contributed by atoms with Gasteiger partial charge in [0.1, 0.15) is 0 Å². The van der Waals surface area contributed by atoms with Gasteiger partial charge in [0.25, 0.3) is 0 Å². The highest BCUT2D eigenvalue weighted by Gasteiger charge is 2.22. The van der Waals surface area contributed by atoms with E-state index < -0.39 is 0 Å². The molecule has 1 aliphatic heterocycles. The van der Waals surface area contributed by atoms with Gasteiger partial charge in [-0.15, -0.1) is 0 Å². The van der Waals surface area contributed by atoms with Crippen LogP contribution in [0.5, 0.6) is 0 Å². The molecule has 4 nitrogen and oxygen atoms in total. The number of nitriles is 1. The van der Waals surface area contributed by atoms with Crippen molar-refractivity contribution >= 4 is 6.03 Å². The molecule has 0 radical (unpaired) electrons. The molecule has 4 heteroatoms. The number of urea groups is 1. The molecular weight excluding hydrogens is 322 g/mol. The molecule has 2 aromatic carbocycles. The molecule has 1 aliphatic rings. The summed E-state index contributed by atoms with van der Waals surface area (Å²) in [6.45, 7) is 2.29. The molecule has 0 saturated carbocycles. The molecule has 0 aromatic heterocycles. The number of piperidine rings is 1. The van der Waals surface area contributed by atoms with Crippen molar-refractivity contribution in [1.82, 2.24) is 10.2 Å². The van der Waals surface area contributed by atoms with Crippen LogP contribution in [0.2, 0.25) is 0 Å². The number of carbonyl (C=O) groups is 1. The smallest absolute Gasteiger partial charge is 0.317 e. The predicted octanol–water partition coefficient (Wildman–Crippen LogP) is 3.77. The Morgan fingerprint density at radius 3 is 2.38 bits per heavy atom. The monoisotopic (exact) mass is 347 g/mol. The quantitative estimate of drug-likeness (QED) is 0.895. The maximum Gasteiger partial charge on any atom is 0.317 e. The first-order valence-corrected chi connectivity index (χ1v) is 9.30. The van der Waals surface area contributed by atoms with Gasteiger partial charge < -0.3 is 10.2 Å². The van der Waals surface area contributed by atoms with Gasteiger partial charge in [0.15, 0.2) is 0 Å². The summed E-state index contributed by atoms with van der Waals surface area (Å²) in [5.74, 6) is 0.667. The highest BCUT2D eigenvalue weighted by Crippen LogP contribution is 2.21. The van der Waals surface area contributed by atoms with E-state index in [1.54, 1.807) is 0 Å². The van der Waals surface area contributed by atoms with E-state index in [9.17, 15) is 4.79 Å². The molecule has 1 N–H and O–H groups in total. The van der Waals surface area contributed by atoms with Crippen molar-refractivity contribution in [3.8, 4) is 6.07 Å².